The van der Waals surface area contributed by atoms with E-state index in [0.29, 0.717) is 11.8 Å². The Labute approximate surface area is 314 Å². The van der Waals surface area contributed by atoms with E-state index < -0.39 is 0 Å². The highest BCUT2D eigenvalue weighted by Crippen LogP contribution is 2.51. The number of amidine groups is 2. The van der Waals surface area contributed by atoms with Crippen LogP contribution in [0.4, 0.5) is 5.69 Å². The van der Waals surface area contributed by atoms with E-state index in [0.717, 1.165) is 75.9 Å². The molecular formula is C49H48N4. The second kappa shape index (κ2) is 13.6. The fourth-order valence-electron chi connectivity index (χ4n) is 10.1. The predicted molar refractivity (Wildman–Crippen MR) is 221 cm³/mol. The summed E-state index contributed by atoms with van der Waals surface area (Å²) < 4.78 is 0. The van der Waals surface area contributed by atoms with Crippen LogP contribution in [0.5, 0.6) is 0 Å². The molecule has 0 fully saturated rings. The van der Waals surface area contributed by atoms with Gasteiger partial charge in [-0.3, -0.25) is 0 Å². The molecule has 4 heteroatoms. The number of aliphatic imine (C=N–C) groups is 2. The van der Waals surface area contributed by atoms with Crippen molar-refractivity contribution in [3.05, 3.63) is 183 Å². The molecule has 0 bridgehead atoms. The number of likely N-dealkylation sites (N-methyl/N-ethyl adjacent to an activating group) is 1. The van der Waals surface area contributed by atoms with Crippen LogP contribution in [0.15, 0.2) is 188 Å². The molecule has 0 spiro atoms. The molecule has 0 amide bonds. The minimum atomic E-state index is -0.131. The Balaban J connectivity index is 1.17. The van der Waals surface area contributed by atoms with E-state index in [-0.39, 0.29) is 12.2 Å². The molecule has 0 radical (unpaired) electrons. The number of benzene rings is 1. The molecule has 7 aliphatic carbocycles. The summed E-state index contributed by atoms with van der Waals surface area (Å²) in [6.45, 7) is 0. The van der Waals surface area contributed by atoms with Gasteiger partial charge in [0.2, 0.25) is 0 Å². The number of allylic oxidation sites excluding steroid dienone is 18. The van der Waals surface area contributed by atoms with Crippen molar-refractivity contribution in [1.29, 1.82) is 0 Å². The smallest absolute Gasteiger partial charge is 0.161 e. The number of hydrogen-bond donors (Lipinski definition) is 0. The average molecular weight is 693 g/mol. The Morgan fingerprint density at radius 2 is 1.62 bits per heavy atom. The van der Waals surface area contributed by atoms with Gasteiger partial charge in [0.1, 0.15) is 12.0 Å². The van der Waals surface area contributed by atoms with Gasteiger partial charge in [-0.2, -0.15) is 0 Å². The first-order valence-corrected chi connectivity index (χ1v) is 20.0. The zero-order chi connectivity index (χ0) is 35.3. The summed E-state index contributed by atoms with van der Waals surface area (Å²) >= 11 is 0. The maximum absolute atomic E-state index is 5.65. The summed E-state index contributed by atoms with van der Waals surface area (Å²) in [5.41, 5.74) is 15.5. The Kier molecular flexibility index (Phi) is 8.35. The first-order valence-electron chi connectivity index (χ1n) is 20.0. The molecule has 4 atom stereocenters. The molecule has 264 valence electrons. The van der Waals surface area contributed by atoms with E-state index in [9.17, 15) is 0 Å². The number of fused-ring (bicyclic) bond motifs is 4. The molecule has 0 saturated heterocycles. The lowest BCUT2D eigenvalue weighted by Gasteiger charge is -2.39. The van der Waals surface area contributed by atoms with Gasteiger partial charge in [0.15, 0.2) is 5.84 Å². The lowest BCUT2D eigenvalue weighted by molar-refractivity contribution is 0.419. The van der Waals surface area contributed by atoms with Crippen LogP contribution in [0.25, 0.3) is 0 Å². The number of hydrogen-bond acceptors (Lipinski definition) is 4. The fraction of sp³-hybridized carbons (Fsp3) is 0.306. The molecule has 1 aromatic rings. The Bertz CT molecular complexity index is 2230. The molecular weight excluding hydrogens is 645 g/mol. The van der Waals surface area contributed by atoms with Crippen LogP contribution in [0.1, 0.15) is 75.7 Å². The minimum absolute atomic E-state index is 0.131. The van der Waals surface area contributed by atoms with Crippen LogP contribution in [0.2, 0.25) is 0 Å². The standard InChI is InChI=1S/C49H48N4/c1-52-48(33-17-5-2-6-18-33)50-47(51-49(52)34-19-7-3-8-20-34)43-32-36(42-31-35-21-11-12-22-37(35)38-23-9-4-10-24-39(38)42)29-30-46(43)53-44-27-15-13-25-40(44)41-26-14-16-28-45(41)53/h4-5,7,9-11,13-21,24-28,32,40,42,44,48H,2-3,6,8,12,22-23,29-31H2,1H3/t40?,42-,44?,48?/m1/s1. The lowest BCUT2D eigenvalue weighted by Crippen LogP contribution is -2.42. The average Bonchev–Trinajstić information content (AvgIpc) is 3.35. The normalized spacial score (nSPS) is 28.6. The van der Waals surface area contributed by atoms with Crippen molar-refractivity contribution in [2.45, 2.75) is 82.3 Å². The van der Waals surface area contributed by atoms with Crippen LogP contribution < -0.4 is 4.90 Å². The summed E-state index contributed by atoms with van der Waals surface area (Å²) in [5.74, 6) is 2.56. The van der Waals surface area contributed by atoms with Gasteiger partial charge in [0.05, 0.1) is 6.04 Å². The summed E-state index contributed by atoms with van der Waals surface area (Å²) in [6.07, 6.45) is 50.3. The zero-order valence-corrected chi connectivity index (χ0v) is 30.8. The molecule has 1 aromatic carbocycles. The quantitative estimate of drug-likeness (QED) is 0.308. The molecule has 4 nitrogen and oxygen atoms in total. The van der Waals surface area contributed by atoms with Gasteiger partial charge < -0.3 is 9.80 Å². The van der Waals surface area contributed by atoms with Crippen LogP contribution in [-0.4, -0.2) is 35.8 Å². The van der Waals surface area contributed by atoms with E-state index in [4.69, 9.17) is 9.98 Å². The van der Waals surface area contributed by atoms with Gasteiger partial charge in [-0.15, -0.1) is 0 Å². The number of rotatable bonds is 5. The molecule has 0 saturated carbocycles. The monoisotopic (exact) mass is 692 g/mol. The first kappa shape index (κ1) is 32.4. The highest BCUT2D eigenvalue weighted by molar-refractivity contribution is 6.15. The third kappa shape index (κ3) is 5.66. The number of para-hydroxylation sites is 1. The molecule has 9 aliphatic rings. The predicted octanol–water partition coefficient (Wildman–Crippen LogP) is 11.2. The van der Waals surface area contributed by atoms with Crippen molar-refractivity contribution < 1.29 is 0 Å². The summed E-state index contributed by atoms with van der Waals surface area (Å²) in [7, 11) is 2.18. The SMILES string of the molecule is CN1C(C2=CCCC=C2)=NC(C2=C(N3c4ccccc4C4C=CC=CC43)CCC([C@H]3CC4=C(CCC=C4)C4=C3C=CC=CC4)=C2)=NC1C1=CCCC=C1. The molecule has 10 rings (SSSR count). The van der Waals surface area contributed by atoms with Gasteiger partial charge in [-0.05, 0) is 110 Å². The Morgan fingerprint density at radius 3 is 2.51 bits per heavy atom. The molecule has 2 heterocycles. The third-order valence-electron chi connectivity index (χ3n) is 12.6. The summed E-state index contributed by atoms with van der Waals surface area (Å²) in [6, 6.07) is 9.29. The van der Waals surface area contributed by atoms with Crippen LogP contribution in [0.3, 0.4) is 0 Å². The third-order valence-corrected chi connectivity index (χ3v) is 12.6. The van der Waals surface area contributed by atoms with Crippen molar-refractivity contribution in [2.24, 2.45) is 15.9 Å². The van der Waals surface area contributed by atoms with Gasteiger partial charge >= 0.3 is 0 Å². The van der Waals surface area contributed by atoms with Gasteiger partial charge in [-0.25, -0.2) is 9.98 Å². The van der Waals surface area contributed by atoms with E-state index in [2.05, 4.69) is 144 Å². The maximum atomic E-state index is 5.65. The molecule has 0 aromatic heterocycles. The lowest BCUT2D eigenvalue weighted by atomic mass is 9.70. The minimum Gasteiger partial charge on any atom is -0.336 e. The van der Waals surface area contributed by atoms with Gasteiger partial charge in [0, 0.05) is 41.4 Å². The van der Waals surface area contributed by atoms with Gasteiger partial charge in [0.25, 0.3) is 0 Å². The van der Waals surface area contributed by atoms with Crippen LogP contribution in [0, 0.1) is 5.92 Å². The van der Waals surface area contributed by atoms with Gasteiger partial charge in [-0.1, -0.05) is 121 Å². The Morgan fingerprint density at radius 1 is 0.755 bits per heavy atom. The number of anilines is 1. The van der Waals surface area contributed by atoms with E-state index in [1.807, 2.05) is 0 Å². The van der Waals surface area contributed by atoms with Crippen molar-refractivity contribution in [3.8, 4) is 0 Å². The Hall–Kier alpha value is -5.22. The van der Waals surface area contributed by atoms with Crippen molar-refractivity contribution in [1.82, 2.24) is 4.90 Å². The van der Waals surface area contributed by atoms with Crippen LogP contribution in [-0.2, 0) is 0 Å². The largest absolute Gasteiger partial charge is 0.336 e. The second-order valence-electron chi connectivity index (χ2n) is 15.6. The van der Waals surface area contributed by atoms with E-state index >= 15 is 0 Å². The van der Waals surface area contributed by atoms with Crippen molar-refractivity contribution in [3.63, 3.8) is 0 Å². The van der Waals surface area contributed by atoms with Crippen LogP contribution >= 0.6 is 0 Å². The number of nitrogens with zero attached hydrogens (tertiary/aromatic N) is 4. The molecule has 2 aliphatic heterocycles. The second-order valence-corrected chi connectivity index (χ2v) is 15.6. The highest BCUT2D eigenvalue weighted by Gasteiger charge is 2.41. The summed E-state index contributed by atoms with van der Waals surface area (Å²) in [4.78, 5) is 16.2. The maximum Gasteiger partial charge on any atom is 0.161 e. The highest BCUT2D eigenvalue weighted by atomic mass is 15.3. The fourth-order valence-corrected chi connectivity index (χ4v) is 10.1. The van der Waals surface area contributed by atoms with E-state index in [1.165, 1.54) is 44.8 Å². The molecule has 3 unspecified atom stereocenters. The first-order chi connectivity index (χ1) is 26.2. The van der Waals surface area contributed by atoms with Crippen molar-refractivity contribution in [2.75, 3.05) is 11.9 Å². The zero-order valence-electron chi connectivity index (χ0n) is 30.8. The summed E-state index contributed by atoms with van der Waals surface area (Å²) in [5, 5.41) is 0. The van der Waals surface area contributed by atoms with Crippen molar-refractivity contribution >= 4 is 17.4 Å². The molecule has 0 N–H and O–H groups in total. The topological polar surface area (TPSA) is 31.2 Å². The molecule has 53 heavy (non-hydrogen) atoms. The van der Waals surface area contributed by atoms with E-state index in [1.54, 1.807) is 16.7 Å².